The van der Waals surface area contributed by atoms with Crippen LogP contribution in [0, 0.1) is 17.8 Å². The Kier molecular flexibility index (Phi) is 5.30. The summed E-state index contributed by atoms with van der Waals surface area (Å²) in [6.45, 7) is 10.1. The van der Waals surface area contributed by atoms with Gasteiger partial charge in [-0.25, -0.2) is 0 Å². The van der Waals surface area contributed by atoms with E-state index >= 15 is 0 Å². The van der Waals surface area contributed by atoms with E-state index in [1.165, 1.54) is 5.57 Å². The quantitative estimate of drug-likeness (QED) is 0.430. The molecule has 0 unspecified atom stereocenters. The molecular formula is C23H30O5. The van der Waals surface area contributed by atoms with Crippen molar-refractivity contribution in [2.45, 2.75) is 65.9 Å². The molecule has 2 N–H and O–H groups in total. The van der Waals surface area contributed by atoms with Gasteiger partial charge in [0.05, 0.1) is 5.56 Å². The number of fused-ring (bicyclic) bond motifs is 2. The Morgan fingerprint density at radius 3 is 2.50 bits per heavy atom. The Morgan fingerprint density at radius 1 is 1.25 bits per heavy atom. The SMILES string of the molecule is CC(C)CC(=O)c1c(O)c(C=O)c2c(c1O)C[C@H]1CC(C(C)C)=CC[C@@]1(C)O2. The van der Waals surface area contributed by atoms with Gasteiger partial charge in [-0.05, 0) is 31.6 Å². The first-order valence-corrected chi connectivity index (χ1v) is 10.1. The number of hydrogen-bond acceptors (Lipinski definition) is 5. The highest BCUT2D eigenvalue weighted by molar-refractivity contribution is 6.05. The highest BCUT2D eigenvalue weighted by Gasteiger charge is 2.45. The number of Topliss-reactive ketones (excluding diaryl/α,β-unsaturated/α-hetero) is 1. The largest absolute Gasteiger partial charge is 0.507 e. The maximum atomic E-state index is 12.7. The lowest BCUT2D eigenvalue weighted by Crippen LogP contribution is -2.47. The molecule has 3 rings (SSSR count). The highest BCUT2D eigenvalue weighted by atomic mass is 16.5. The van der Waals surface area contributed by atoms with Gasteiger partial charge in [0.25, 0.3) is 0 Å². The molecule has 0 saturated heterocycles. The third-order valence-electron chi connectivity index (χ3n) is 6.17. The molecule has 28 heavy (non-hydrogen) atoms. The van der Waals surface area contributed by atoms with E-state index in [4.69, 9.17) is 4.74 Å². The van der Waals surface area contributed by atoms with E-state index < -0.39 is 11.4 Å². The first-order chi connectivity index (χ1) is 13.1. The van der Waals surface area contributed by atoms with E-state index in [-0.39, 0.29) is 46.7 Å². The van der Waals surface area contributed by atoms with Crippen molar-refractivity contribution in [3.63, 3.8) is 0 Å². The first kappa shape index (κ1) is 20.4. The Morgan fingerprint density at radius 2 is 1.93 bits per heavy atom. The molecule has 0 amide bonds. The molecule has 2 atom stereocenters. The minimum atomic E-state index is -0.508. The predicted molar refractivity (Wildman–Crippen MR) is 107 cm³/mol. The summed E-state index contributed by atoms with van der Waals surface area (Å²) in [5.74, 6) is -0.237. The van der Waals surface area contributed by atoms with E-state index in [1.807, 2.05) is 20.8 Å². The fourth-order valence-electron chi connectivity index (χ4n) is 4.38. The van der Waals surface area contributed by atoms with Gasteiger partial charge in [0.1, 0.15) is 28.4 Å². The van der Waals surface area contributed by atoms with Crippen LogP contribution in [-0.2, 0) is 6.42 Å². The second-order valence-corrected chi connectivity index (χ2v) is 9.09. The Bertz CT molecular complexity index is 849. The van der Waals surface area contributed by atoms with Gasteiger partial charge in [0.15, 0.2) is 12.1 Å². The van der Waals surface area contributed by atoms with Crippen molar-refractivity contribution in [1.82, 2.24) is 0 Å². The molecule has 1 heterocycles. The number of benzene rings is 1. The third-order valence-corrected chi connectivity index (χ3v) is 6.17. The molecule has 0 radical (unpaired) electrons. The zero-order chi connectivity index (χ0) is 20.8. The Hall–Kier alpha value is -2.30. The number of carbonyl (C=O) groups is 2. The molecule has 1 aromatic rings. The number of aldehydes is 1. The maximum Gasteiger partial charge on any atom is 0.170 e. The lowest BCUT2D eigenvalue weighted by Gasteiger charge is -2.46. The van der Waals surface area contributed by atoms with Gasteiger partial charge in [-0.1, -0.05) is 39.3 Å². The number of rotatable bonds is 5. The second-order valence-electron chi connectivity index (χ2n) is 9.09. The molecule has 0 saturated carbocycles. The monoisotopic (exact) mass is 386 g/mol. The summed E-state index contributed by atoms with van der Waals surface area (Å²) >= 11 is 0. The van der Waals surface area contributed by atoms with Gasteiger partial charge in [-0.15, -0.1) is 0 Å². The van der Waals surface area contributed by atoms with Crippen LogP contribution in [0.3, 0.4) is 0 Å². The van der Waals surface area contributed by atoms with E-state index in [9.17, 15) is 19.8 Å². The van der Waals surface area contributed by atoms with Crippen LogP contribution in [0.25, 0.3) is 0 Å². The van der Waals surface area contributed by atoms with Gasteiger partial charge in [-0.2, -0.15) is 0 Å². The van der Waals surface area contributed by atoms with Crippen molar-refractivity contribution < 1.29 is 24.5 Å². The summed E-state index contributed by atoms with van der Waals surface area (Å²) < 4.78 is 6.24. The van der Waals surface area contributed by atoms with Crippen LogP contribution in [0.15, 0.2) is 11.6 Å². The zero-order valence-corrected chi connectivity index (χ0v) is 17.3. The van der Waals surface area contributed by atoms with Gasteiger partial charge in [-0.3, -0.25) is 9.59 Å². The smallest absolute Gasteiger partial charge is 0.170 e. The summed E-state index contributed by atoms with van der Waals surface area (Å²) in [5.41, 5.74) is 1.11. The standard InChI is InChI=1S/C23H30O5/c1-12(2)8-18(25)19-20(26)16-10-15-9-14(13(3)4)6-7-23(15,5)28-22(16)17(11-24)21(19)27/h6,11-13,15,26-27H,7-10H2,1-5H3/t15-,23-/m1/s1. The van der Waals surface area contributed by atoms with Gasteiger partial charge in [0.2, 0.25) is 0 Å². The fraction of sp³-hybridized carbons (Fsp3) is 0.565. The minimum Gasteiger partial charge on any atom is -0.507 e. The minimum absolute atomic E-state index is 0.0433. The number of carbonyl (C=O) groups excluding carboxylic acids is 2. The Balaban J connectivity index is 2.11. The summed E-state index contributed by atoms with van der Waals surface area (Å²) in [6, 6.07) is 0. The Labute approximate surface area is 166 Å². The number of ketones is 1. The van der Waals surface area contributed by atoms with Crippen LogP contribution in [0.5, 0.6) is 17.2 Å². The van der Waals surface area contributed by atoms with Crippen molar-refractivity contribution in [3.05, 3.63) is 28.3 Å². The summed E-state index contributed by atoms with van der Waals surface area (Å²) in [6.07, 6.45) is 4.96. The fourth-order valence-corrected chi connectivity index (χ4v) is 4.38. The first-order valence-electron chi connectivity index (χ1n) is 10.1. The molecule has 2 aliphatic rings. The van der Waals surface area contributed by atoms with Crippen LogP contribution in [-0.4, -0.2) is 27.9 Å². The van der Waals surface area contributed by atoms with Gasteiger partial charge >= 0.3 is 0 Å². The number of phenolic OH excluding ortho intramolecular Hbond substituents is 2. The molecule has 0 fully saturated rings. The van der Waals surface area contributed by atoms with E-state index in [0.29, 0.717) is 30.6 Å². The molecule has 0 aromatic heterocycles. The van der Waals surface area contributed by atoms with Crippen molar-refractivity contribution in [1.29, 1.82) is 0 Å². The molecule has 152 valence electrons. The van der Waals surface area contributed by atoms with Gasteiger partial charge in [0, 0.05) is 24.3 Å². The summed E-state index contributed by atoms with van der Waals surface area (Å²) in [5, 5.41) is 21.5. The second kappa shape index (κ2) is 7.26. The maximum absolute atomic E-state index is 12.7. The highest BCUT2D eigenvalue weighted by Crippen LogP contribution is 2.52. The number of ether oxygens (including phenoxy) is 1. The van der Waals surface area contributed by atoms with Crippen LogP contribution in [0.2, 0.25) is 0 Å². The van der Waals surface area contributed by atoms with E-state index in [0.717, 1.165) is 6.42 Å². The van der Waals surface area contributed by atoms with Crippen LogP contribution in [0.1, 0.15) is 80.2 Å². The molecule has 1 aromatic carbocycles. The van der Waals surface area contributed by atoms with Crippen LogP contribution >= 0.6 is 0 Å². The number of aromatic hydroxyl groups is 2. The topological polar surface area (TPSA) is 83.8 Å². The average molecular weight is 386 g/mol. The predicted octanol–water partition coefficient (Wildman–Crippen LogP) is 4.83. The van der Waals surface area contributed by atoms with Crippen molar-refractivity contribution in [3.8, 4) is 17.2 Å². The van der Waals surface area contributed by atoms with Crippen molar-refractivity contribution in [2.24, 2.45) is 17.8 Å². The molecule has 5 heteroatoms. The molecule has 1 aliphatic carbocycles. The summed E-state index contributed by atoms with van der Waals surface area (Å²) in [4.78, 5) is 24.4. The molecule has 0 bridgehead atoms. The van der Waals surface area contributed by atoms with Gasteiger partial charge < -0.3 is 14.9 Å². The summed E-state index contributed by atoms with van der Waals surface area (Å²) in [7, 11) is 0. The van der Waals surface area contributed by atoms with Crippen LogP contribution < -0.4 is 4.74 Å². The normalized spacial score (nSPS) is 23.7. The third kappa shape index (κ3) is 3.31. The molecular weight excluding hydrogens is 356 g/mol. The number of phenols is 2. The van der Waals surface area contributed by atoms with Crippen LogP contribution in [0.4, 0.5) is 0 Å². The number of hydrogen-bond donors (Lipinski definition) is 2. The molecule has 1 aliphatic heterocycles. The molecule has 0 spiro atoms. The molecule has 5 nitrogen and oxygen atoms in total. The number of allylic oxidation sites excluding steroid dienone is 1. The van der Waals surface area contributed by atoms with Crippen molar-refractivity contribution >= 4 is 12.1 Å². The lowest BCUT2D eigenvalue weighted by molar-refractivity contribution is 0.00358. The average Bonchev–Trinajstić information content (AvgIpc) is 2.59. The lowest BCUT2D eigenvalue weighted by atomic mass is 9.70. The van der Waals surface area contributed by atoms with E-state index in [1.54, 1.807) is 0 Å². The van der Waals surface area contributed by atoms with E-state index in [2.05, 4.69) is 19.9 Å². The zero-order valence-electron chi connectivity index (χ0n) is 17.3. The van der Waals surface area contributed by atoms with Crippen molar-refractivity contribution in [2.75, 3.05) is 0 Å².